The quantitative estimate of drug-likeness (QED) is 0.749. The van der Waals surface area contributed by atoms with Crippen molar-refractivity contribution >= 4 is 17.3 Å². The average molecular weight is 257 g/mol. The molecular weight excluding hydrogens is 236 g/mol. The first kappa shape index (κ1) is 14.1. The number of rotatable bonds is 7. The van der Waals surface area contributed by atoms with Crippen molar-refractivity contribution in [2.75, 3.05) is 5.73 Å². The van der Waals surface area contributed by atoms with Gasteiger partial charge in [0, 0.05) is 6.20 Å². The zero-order valence-electron chi connectivity index (χ0n) is 10.6. The first-order valence-electron chi connectivity index (χ1n) is 6.21. The molecule has 0 saturated heterocycles. The molecule has 1 unspecified atom stereocenters. The van der Waals surface area contributed by atoms with Gasteiger partial charge in [0.2, 0.25) is 5.88 Å². The lowest BCUT2D eigenvalue weighted by atomic mass is 10.1. The molecule has 0 radical (unpaired) electrons. The van der Waals surface area contributed by atoms with Crippen molar-refractivity contribution < 1.29 is 4.74 Å². The Bertz CT molecular complexity index is 344. The van der Waals surface area contributed by atoms with Crippen LogP contribution in [0.15, 0.2) is 12.3 Å². The van der Waals surface area contributed by atoms with E-state index in [4.69, 9.17) is 22.1 Å². The van der Waals surface area contributed by atoms with E-state index in [2.05, 4.69) is 11.9 Å². The number of ether oxygens (including phenoxy) is 1. The van der Waals surface area contributed by atoms with Gasteiger partial charge < -0.3 is 10.5 Å². The van der Waals surface area contributed by atoms with Gasteiger partial charge in [0.15, 0.2) is 0 Å². The Morgan fingerprint density at radius 3 is 2.82 bits per heavy atom. The van der Waals surface area contributed by atoms with Gasteiger partial charge in [0.05, 0.1) is 16.8 Å². The van der Waals surface area contributed by atoms with Gasteiger partial charge in [-0.05, 0) is 25.8 Å². The zero-order chi connectivity index (χ0) is 12.7. The third-order valence-electron chi connectivity index (χ3n) is 2.62. The molecule has 0 aromatic carbocycles. The summed E-state index contributed by atoms with van der Waals surface area (Å²) >= 11 is 5.77. The maximum absolute atomic E-state index is 5.77. The van der Waals surface area contributed by atoms with E-state index >= 15 is 0 Å². The minimum Gasteiger partial charge on any atom is -0.473 e. The average Bonchev–Trinajstić information content (AvgIpc) is 2.28. The van der Waals surface area contributed by atoms with E-state index in [1.807, 2.05) is 6.92 Å². The number of aromatic nitrogens is 1. The Hall–Kier alpha value is -0.960. The second-order valence-corrected chi connectivity index (χ2v) is 4.76. The summed E-state index contributed by atoms with van der Waals surface area (Å²) in [4.78, 5) is 4.08. The Kier molecular flexibility index (Phi) is 6.12. The van der Waals surface area contributed by atoms with E-state index in [1.165, 1.54) is 25.7 Å². The largest absolute Gasteiger partial charge is 0.473 e. The Morgan fingerprint density at radius 1 is 1.41 bits per heavy atom. The van der Waals surface area contributed by atoms with Crippen LogP contribution in [-0.4, -0.2) is 11.1 Å². The van der Waals surface area contributed by atoms with Gasteiger partial charge >= 0.3 is 0 Å². The number of unbranched alkanes of at least 4 members (excludes halogenated alkanes) is 3. The van der Waals surface area contributed by atoms with Crippen LogP contribution in [-0.2, 0) is 0 Å². The minimum atomic E-state index is 0.142. The lowest BCUT2D eigenvalue weighted by Gasteiger charge is -2.15. The van der Waals surface area contributed by atoms with Gasteiger partial charge in [-0.1, -0.05) is 37.8 Å². The van der Waals surface area contributed by atoms with Gasteiger partial charge in [0.1, 0.15) is 0 Å². The third-order valence-corrected chi connectivity index (χ3v) is 2.83. The topological polar surface area (TPSA) is 48.1 Å². The molecule has 17 heavy (non-hydrogen) atoms. The van der Waals surface area contributed by atoms with Crippen molar-refractivity contribution in [2.24, 2.45) is 0 Å². The fraction of sp³-hybridized carbons (Fsp3) is 0.615. The molecule has 1 heterocycles. The maximum atomic E-state index is 5.77. The standard InChI is InChI=1S/C13H21ClN2O/c1-3-4-5-6-7-10(2)17-13-12(15)8-11(14)9-16-13/h8-10H,3-7,15H2,1-2H3. The van der Waals surface area contributed by atoms with E-state index in [9.17, 15) is 0 Å². The smallest absolute Gasteiger partial charge is 0.237 e. The number of anilines is 1. The number of halogens is 1. The zero-order valence-corrected chi connectivity index (χ0v) is 11.3. The van der Waals surface area contributed by atoms with Crippen LogP contribution in [0, 0.1) is 0 Å². The number of pyridine rings is 1. The Balaban J connectivity index is 2.37. The molecule has 3 nitrogen and oxygen atoms in total. The maximum Gasteiger partial charge on any atom is 0.237 e. The highest BCUT2D eigenvalue weighted by molar-refractivity contribution is 6.30. The number of nitrogens with zero attached hydrogens (tertiary/aromatic N) is 1. The van der Waals surface area contributed by atoms with Crippen LogP contribution >= 0.6 is 11.6 Å². The highest BCUT2D eigenvalue weighted by atomic mass is 35.5. The molecular formula is C13H21ClN2O. The molecule has 1 aromatic rings. The van der Waals surface area contributed by atoms with Crippen molar-refractivity contribution in [2.45, 2.75) is 52.1 Å². The van der Waals surface area contributed by atoms with Gasteiger partial charge in [-0.15, -0.1) is 0 Å². The molecule has 1 aromatic heterocycles. The molecule has 96 valence electrons. The SMILES string of the molecule is CCCCCCC(C)Oc1ncc(Cl)cc1N. The fourth-order valence-corrected chi connectivity index (χ4v) is 1.82. The number of hydrogen-bond donors (Lipinski definition) is 1. The van der Waals surface area contributed by atoms with Crippen LogP contribution in [0.3, 0.4) is 0 Å². The van der Waals surface area contributed by atoms with Crippen LogP contribution in [0.2, 0.25) is 5.02 Å². The van der Waals surface area contributed by atoms with E-state index < -0.39 is 0 Å². The molecule has 0 aliphatic heterocycles. The molecule has 1 atom stereocenters. The lowest BCUT2D eigenvalue weighted by molar-refractivity contribution is 0.199. The highest BCUT2D eigenvalue weighted by Crippen LogP contribution is 2.23. The third kappa shape index (κ3) is 5.26. The second kappa shape index (κ2) is 7.38. The van der Waals surface area contributed by atoms with Crippen molar-refractivity contribution in [1.82, 2.24) is 4.98 Å². The van der Waals surface area contributed by atoms with Gasteiger partial charge in [-0.25, -0.2) is 4.98 Å². The van der Waals surface area contributed by atoms with Crippen LogP contribution in [0.5, 0.6) is 5.88 Å². The summed E-state index contributed by atoms with van der Waals surface area (Å²) in [5, 5.41) is 0.533. The van der Waals surface area contributed by atoms with E-state index in [1.54, 1.807) is 12.3 Å². The first-order chi connectivity index (χ1) is 8.13. The van der Waals surface area contributed by atoms with Crippen LogP contribution in [0.1, 0.15) is 46.0 Å². The monoisotopic (exact) mass is 256 g/mol. The van der Waals surface area contributed by atoms with E-state index in [0.29, 0.717) is 16.6 Å². The molecule has 0 bridgehead atoms. The molecule has 0 spiro atoms. The minimum absolute atomic E-state index is 0.142. The summed E-state index contributed by atoms with van der Waals surface area (Å²) in [7, 11) is 0. The Labute approximate surface area is 108 Å². The van der Waals surface area contributed by atoms with E-state index in [-0.39, 0.29) is 6.10 Å². The van der Waals surface area contributed by atoms with Gasteiger partial charge in [-0.2, -0.15) is 0 Å². The van der Waals surface area contributed by atoms with Gasteiger partial charge in [0.25, 0.3) is 0 Å². The summed E-state index contributed by atoms with van der Waals surface area (Å²) in [5.41, 5.74) is 6.27. The Morgan fingerprint density at radius 2 is 2.18 bits per heavy atom. The molecule has 1 rings (SSSR count). The summed E-state index contributed by atoms with van der Waals surface area (Å²) in [5.74, 6) is 0.484. The van der Waals surface area contributed by atoms with E-state index in [0.717, 1.165) is 6.42 Å². The van der Waals surface area contributed by atoms with Crippen LogP contribution in [0.25, 0.3) is 0 Å². The molecule has 0 saturated carbocycles. The molecule has 0 amide bonds. The first-order valence-corrected chi connectivity index (χ1v) is 6.59. The molecule has 0 fully saturated rings. The normalized spacial score (nSPS) is 12.4. The van der Waals surface area contributed by atoms with Crippen molar-refractivity contribution in [1.29, 1.82) is 0 Å². The van der Waals surface area contributed by atoms with Crippen molar-refractivity contribution in [3.05, 3.63) is 17.3 Å². The summed E-state index contributed by atoms with van der Waals surface area (Å²) < 4.78 is 5.69. The summed E-state index contributed by atoms with van der Waals surface area (Å²) in [6, 6.07) is 1.66. The van der Waals surface area contributed by atoms with Crippen molar-refractivity contribution in [3.63, 3.8) is 0 Å². The molecule has 0 aliphatic rings. The lowest BCUT2D eigenvalue weighted by Crippen LogP contribution is -2.13. The van der Waals surface area contributed by atoms with Gasteiger partial charge in [-0.3, -0.25) is 0 Å². The second-order valence-electron chi connectivity index (χ2n) is 4.33. The number of nitrogens with two attached hydrogens (primary N) is 1. The van der Waals surface area contributed by atoms with Crippen molar-refractivity contribution in [3.8, 4) is 5.88 Å². The molecule has 0 aliphatic carbocycles. The number of nitrogen functional groups attached to an aromatic ring is 1. The number of hydrogen-bond acceptors (Lipinski definition) is 3. The predicted octanol–water partition coefficient (Wildman–Crippen LogP) is 4.05. The molecule has 2 N–H and O–H groups in total. The van der Waals surface area contributed by atoms with Crippen LogP contribution in [0.4, 0.5) is 5.69 Å². The molecule has 4 heteroatoms. The summed E-state index contributed by atoms with van der Waals surface area (Å²) in [6.07, 6.45) is 7.70. The highest BCUT2D eigenvalue weighted by Gasteiger charge is 2.08. The summed E-state index contributed by atoms with van der Waals surface area (Å²) in [6.45, 7) is 4.25. The predicted molar refractivity (Wildman–Crippen MR) is 72.5 cm³/mol. The fourth-order valence-electron chi connectivity index (χ4n) is 1.65. The van der Waals surface area contributed by atoms with Crippen LogP contribution < -0.4 is 10.5 Å².